The lowest BCUT2D eigenvalue weighted by molar-refractivity contribution is -0.608. The molecule has 21 heavy (non-hydrogen) atoms. The van der Waals surface area contributed by atoms with E-state index in [9.17, 15) is 14.0 Å². The fourth-order valence-electron chi connectivity index (χ4n) is 1.95. The molecule has 0 aliphatic carbocycles. The van der Waals surface area contributed by atoms with Crippen molar-refractivity contribution in [3.8, 4) is 0 Å². The van der Waals surface area contributed by atoms with E-state index in [2.05, 4.69) is 20.8 Å². The van der Waals surface area contributed by atoms with Gasteiger partial charge in [0.1, 0.15) is 0 Å². The Morgan fingerprint density at radius 2 is 1.48 bits per heavy atom. The Hall–Kier alpha value is -2.23. The van der Waals surface area contributed by atoms with Crippen LogP contribution in [0, 0.1) is 16.8 Å². The monoisotopic (exact) mass is 289 g/mol. The standard InChI is InChI=1S/C17H17F2NO/c1-17(2,3)13-7-4-12(5-8-13)6-9-14-15(18)10-20(21)11-16(14)19/h4-11H,1-3H3. The van der Waals surface area contributed by atoms with Crippen molar-refractivity contribution in [1.29, 1.82) is 0 Å². The van der Waals surface area contributed by atoms with Crippen LogP contribution in [-0.4, -0.2) is 0 Å². The second-order valence-electron chi connectivity index (χ2n) is 5.93. The summed E-state index contributed by atoms with van der Waals surface area (Å²) in [7, 11) is 0. The summed E-state index contributed by atoms with van der Waals surface area (Å²) < 4.78 is 27.2. The molecular weight excluding hydrogens is 272 g/mol. The zero-order valence-electron chi connectivity index (χ0n) is 12.2. The molecule has 110 valence electrons. The van der Waals surface area contributed by atoms with Crippen LogP contribution in [0.25, 0.3) is 12.2 Å². The molecule has 0 unspecified atom stereocenters. The van der Waals surface area contributed by atoms with E-state index >= 15 is 0 Å². The first-order chi connectivity index (χ1) is 9.77. The number of aromatic nitrogens is 1. The van der Waals surface area contributed by atoms with Gasteiger partial charge in [0.25, 0.3) is 0 Å². The van der Waals surface area contributed by atoms with Crippen LogP contribution in [0.2, 0.25) is 0 Å². The number of hydrogen-bond acceptors (Lipinski definition) is 1. The van der Waals surface area contributed by atoms with Crippen LogP contribution < -0.4 is 4.73 Å². The topological polar surface area (TPSA) is 26.9 Å². The summed E-state index contributed by atoms with van der Waals surface area (Å²) in [6.07, 6.45) is 4.34. The molecule has 2 rings (SSSR count). The average molecular weight is 289 g/mol. The molecule has 0 aliphatic heterocycles. The number of rotatable bonds is 2. The molecule has 2 aromatic rings. The van der Waals surface area contributed by atoms with E-state index in [1.54, 1.807) is 6.08 Å². The van der Waals surface area contributed by atoms with Gasteiger partial charge in [-0.25, -0.2) is 0 Å². The maximum absolute atomic E-state index is 13.5. The predicted octanol–water partition coefficient (Wildman–Crippen LogP) is 4.07. The first-order valence-electron chi connectivity index (χ1n) is 6.64. The zero-order chi connectivity index (χ0) is 15.6. The highest BCUT2D eigenvalue weighted by Gasteiger charge is 2.13. The molecule has 4 heteroatoms. The maximum Gasteiger partial charge on any atom is 0.216 e. The van der Waals surface area contributed by atoms with Crippen molar-refractivity contribution >= 4 is 12.2 Å². The normalized spacial score (nSPS) is 12.0. The lowest BCUT2D eigenvalue weighted by Gasteiger charge is -2.18. The molecule has 1 heterocycles. The summed E-state index contributed by atoms with van der Waals surface area (Å²) in [6.45, 7) is 6.35. The van der Waals surface area contributed by atoms with Gasteiger partial charge in [-0.3, -0.25) is 0 Å². The first-order valence-corrected chi connectivity index (χ1v) is 6.64. The smallest absolute Gasteiger partial charge is 0.216 e. The highest BCUT2D eigenvalue weighted by Crippen LogP contribution is 2.23. The van der Waals surface area contributed by atoms with Crippen molar-refractivity contribution in [3.05, 3.63) is 70.2 Å². The van der Waals surface area contributed by atoms with Gasteiger partial charge in [-0.1, -0.05) is 51.1 Å². The van der Waals surface area contributed by atoms with E-state index < -0.39 is 11.6 Å². The lowest BCUT2D eigenvalue weighted by Crippen LogP contribution is -2.26. The fraction of sp³-hybridized carbons (Fsp3) is 0.235. The van der Waals surface area contributed by atoms with Gasteiger partial charge in [-0.2, -0.15) is 13.5 Å². The first kappa shape index (κ1) is 15.2. The van der Waals surface area contributed by atoms with Gasteiger partial charge >= 0.3 is 0 Å². The van der Waals surface area contributed by atoms with Crippen molar-refractivity contribution in [3.63, 3.8) is 0 Å². The molecular formula is C17H17F2NO. The Bertz CT molecular complexity index is 647. The van der Waals surface area contributed by atoms with Crippen LogP contribution >= 0.6 is 0 Å². The molecule has 0 amide bonds. The van der Waals surface area contributed by atoms with Crippen LogP contribution in [-0.2, 0) is 5.41 Å². The summed E-state index contributed by atoms with van der Waals surface area (Å²) in [5.74, 6) is -1.76. The largest absolute Gasteiger partial charge is 0.619 e. The van der Waals surface area contributed by atoms with Crippen molar-refractivity contribution in [1.82, 2.24) is 0 Å². The minimum atomic E-state index is -0.882. The summed E-state index contributed by atoms with van der Waals surface area (Å²) in [6, 6.07) is 7.76. The number of halogens is 2. The third-order valence-corrected chi connectivity index (χ3v) is 3.21. The van der Waals surface area contributed by atoms with E-state index in [1.807, 2.05) is 24.3 Å². The quantitative estimate of drug-likeness (QED) is 0.605. The van der Waals surface area contributed by atoms with Crippen molar-refractivity contribution in [2.75, 3.05) is 0 Å². The summed E-state index contributed by atoms with van der Waals surface area (Å²) >= 11 is 0. The molecule has 0 saturated carbocycles. The van der Waals surface area contributed by atoms with Crippen LogP contribution in [0.3, 0.4) is 0 Å². The van der Waals surface area contributed by atoms with Crippen molar-refractivity contribution in [2.45, 2.75) is 26.2 Å². The minimum Gasteiger partial charge on any atom is -0.619 e. The van der Waals surface area contributed by atoms with Crippen LogP contribution in [0.5, 0.6) is 0 Å². The van der Waals surface area contributed by atoms with Crippen LogP contribution in [0.15, 0.2) is 36.7 Å². The molecule has 0 fully saturated rings. The van der Waals surface area contributed by atoms with Gasteiger partial charge < -0.3 is 5.21 Å². The highest BCUT2D eigenvalue weighted by molar-refractivity contribution is 5.69. The molecule has 0 atom stereocenters. The van der Waals surface area contributed by atoms with Gasteiger partial charge in [0.2, 0.25) is 12.4 Å². The third kappa shape index (κ3) is 3.66. The predicted molar refractivity (Wildman–Crippen MR) is 79.4 cm³/mol. The molecule has 0 N–H and O–H groups in total. The number of nitrogens with zero attached hydrogens (tertiary/aromatic N) is 1. The fourth-order valence-corrected chi connectivity index (χ4v) is 1.95. The summed E-state index contributed by atoms with van der Waals surface area (Å²) in [4.78, 5) is 0. The lowest BCUT2D eigenvalue weighted by atomic mass is 9.87. The molecule has 1 aromatic carbocycles. The summed E-state index contributed by atoms with van der Waals surface area (Å²) in [5.41, 5.74) is 1.86. The van der Waals surface area contributed by atoms with Crippen molar-refractivity contribution < 1.29 is 13.5 Å². The number of pyridine rings is 1. The SMILES string of the molecule is CC(C)(C)c1ccc(C=Cc2c(F)c[n+]([O-])cc2F)cc1. The Kier molecular flexibility index (Phi) is 4.07. The molecule has 0 bridgehead atoms. The molecule has 1 aromatic heterocycles. The van der Waals surface area contributed by atoms with Crippen LogP contribution in [0.4, 0.5) is 8.78 Å². The molecule has 0 radical (unpaired) electrons. The molecule has 0 spiro atoms. The number of benzene rings is 1. The zero-order valence-corrected chi connectivity index (χ0v) is 12.2. The molecule has 2 nitrogen and oxygen atoms in total. The second-order valence-corrected chi connectivity index (χ2v) is 5.93. The molecule has 0 aliphatic rings. The van der Waals surface area contributed by atoms with E-state index in [1.165, 1.54) is 11.6 Å². The van der Waals surface area contributed by atoms with E-state index in [-0.39, 0.29) is 15.7 Å². The summed E-state index contributed by atoms with van der Waals surface area (Å²) in [5, 5.41) is 10.9. The van der Waals surface area contributed by atoms with Crippen LogP contribution in [0.1, 0.15) is 37.5 Å². The van der Waals surface area contributed by atoms with Gasteiger partial charge in [0.15, 0.2) is 11.6 Å². The average Bonchev–Trinajstić information content (AvgIpc) is 2.37. The molecule has 0 saturated heterocycles. The Morgan fingerprint density at radius 1 is 0.952 bits per heavy atom. The Labute approximate surface area is 122 Å². The Morgan fingerprint density at radius 3 is 1.95 bits per heavy atom. The number of hydrogen-bond donors (Lipinski definition) is 0. The Balaban J connectivity index is 2.26. The van der Waals surface area contributed by atoms with Gasteiger partial charge in [0, 0.05) is 0 Å². The van der Waals surface area contributed by atoms with E-state index in [4.69, 9.17) is 0 Å². The van der Waals surface area contributed by atoms with Gasteiger partial charge in [-0.05, 0) is 22.6 Å². The minimum absolute atomic E-state index is 0.0572. The van der Waals surface area contributed by atoms with Crippen molar-refractivity contribution in [2.24, 2.45) is 0 Å². The third-order valence-electron chi connectivity index (χ3n) is 3.21. The van der Waals surface area contributed by atoms with Gasteiger partial charge in [-0.15, -0.1) is 0 Å². The maximum atomic E-state index is 13.5. The van der Waals surface area contributed by atoms with E-state index in [0.717, 1.165) is 5.56 Å². The van der Waals surface area contributed by atoms with Gasteiger partial charge in [0.05, 0.1) is 5.56 Å². The van der Waals surface area contributed by atoms with E-state index in [0.29, 0.717) is 12.4 Å². The highest BCUT2D eigenvalue weighted by atomic mass is 19.1. The second kappa shape index (κ2) is 5.64.